The summed E-state index contributed by atoms with van der Waals surface area (Å²) in [7, 11) is 0. The molecule has 1 amide bonds. The molecule has 1 heterocycles. The lowest BCUT2D eigenvalue weighted by Crippen LogP contribution is -2.19. The number of nitrogens with zero attached hydrogens (tertiary/aromatic N) is 2. The number of carbonyl (C=O) groups is 2. The smallest absolute Gasteiger partial charge is 0.253 e. The average molecular weight is 202 g/mol. The Labute approximate surface area is 87.2 Å². The molecule has 0 fully saturated rings. The van der Waals surface area contributed by atoms with Gasteiger partial charge in [0.25, 0.3) is 5.91 Å². The second-order valence-corrected chi connectivity index (χ2v) is 3.43. The van der Waals surface area contributed by atoms with Crippen LogP contribution < -0.4 is 5.01 Å². The van der Waals surface area contributed by atoms with Gasteiger partial charge in [-0.2, -0.15) is 5.10 Å². The van der Waals surface area contributed by atoms with Crippen molar-refractivity contribution >= 4 is 23.6 Å². The molecule has 0 atom stereocenters. The quantitative estimate of drug-likeness (QED) is 0.684. The molecule has 4 heteroatoms. The van der Waals surface area contributed by atoms with E-state index in [9.17, 15) is 9.59 Å². The molecular weight excluding hydrogens is 192 g/mol. The summed E-state index contributed by atoms with van der Waals surface area (Å²) >= 11 is 0. The Balaban J connectivity index is 2.37. The summed E-state index contributed by atoms with van der Waals surface area (Å²) in [5, 5.41) is 5.44. The zero-order valence-electron chi connectivity index (χ0n) is 8.30. The Hall–Kier alpha value is -1.97. The number of benzene rings is 1. The summed E-state index contributed by atoms with van der Waals surface area (Å²) < 4.78 is 0. The number of rotatable bonds is 2. The van der Waals surface area contributed by atoms with Crippen LogP contribution in [0.25, 0.3) is 0 Å². The SMILES string of the molecule is CC1=NN(c2cccc(C=O)c2)C(=O)C1. The Morgan fingerprint density at radius 3 is 2.87 bits per heavy atom. The largest absolute Gasteiger partial charge is 0.298 e. The van der Waals surface area contributed by atoms with Gasteiger partial charge in [-0.15, -0.1) is 0 Å². The molecule has 0 bridgehead atoms. The second kappa shape index (κ2) is 3.65. The van der Waals surface area contributed by atoms with Gasteiger partial charge in [-0.3, -0.25) is 9.59 Å². The summed E-state index contributed by atoms with van der Waals surface area (Å²) in [6.07, 6.45) is 1.10. The van der Waals surface area contributed by atoms with E-state index in [0.717, 1.165) is 12.0 Å². The van der Waals surface area contributed by atoms with Crippen LogP contribution in [-0.2, 0) is 4.79 Å². The van der Waals surface area contributed by atoms with Gasteiger partial charge in [0.05, 0.1) is 12.1 Å². The number of amides is 1. The van der Waals surface area contributed by atoms with E-state index in [1.54, 1.807) is 24.3 Å². The second-order valence-electron chi connectivity index (χ2n) is 3.43. The number of anilines is 1. The zero-order chi connectivity index (χ0) is 10.8. The predicted molar refractivity (Wildman–Crippen MR) is 57.0 cm³/mol. The number of hydrogen-bond donors (Lipinski definition) is 0. The molecule has 0 aliphatic carbocycles. The maximum Gasteiger partial charge on any atom is 0.253 e. The van der Waals surface area contributed by atoms with Crippen molar-refractivity contribution in [1.29, 1.82) is 0 Å². The highest BCUT2D eigenvalue weighted by Gasteiger charge is 2.22. The summed E-state index contributed by atoms with van der Waals surface area (Å²) in [6.45, 7) is 1.81. The van der Waals surface area contributed by atoms with Gasteiger partial charge in [0, 0.05) is 11.3 Å². The van der Waals surface area contributed by atoms with E-state index >= 15 is 0 Å². The van der Waals surface area contributed by atoms with Gasteiger partial charge >= 0.3 is 0 Å². The first-order chi connectivity index (χ1) is 7.20. The average Bonchev–Trinajstić information content (AvgIpc) is 2.58. The number of hydrazone groups is 1. The first-order valence-electron chi connectivity index (χ1n) is 4.63. The lowest BCUT2D eigenvalue weighted by atomic mass is 10.2. The fraction of sp³-hybridized carbons (Fsp3) is 0.182. The van der Waals surface area contributed by atoms with Gasteiger partial charge < -0.3 is 0 Å². The molecular formula is C11H10N2O2. The molecule has 0 radical (unpaired) electrons. The molecule has 1 aromatic carbocycles. The van der Waals surface area contributed by atoms with Crippen molar-refractivity contribution < 1.29 is 9.59 Å². The topological polar surface area (TPSA) is 49.7 Å². The van der Waals surface area contributed by atoms with Crippen LogP contribution in [-0.4, -0.2) is 17.9 Å². The third-order valence-corrected chi connectivity index (χ3v) is 2.16. The maximum absolute atomic E-state index is 11.5. The summed E-state index contributed by atoms with van der Waals surface area (Å²) in [5.41, 5.74) is 1.97. The summed E-state index contributed by atoms with van der Waals surface area (Å²) in [4.78, 5) is 22.1. The van der Waals surface area contributed by atoms with E-state index in [4.69, 9.17) is 0 Å². The highest BCUT2D eigenvalue weighted by Crippen LogP contribution is 2.20. The van der Waals surface area contributed by atoms with Crippen LogP contribution in [0.1, 0.15) is 23.7 Å². The van der Waals surface area contributed by atoms with Crippen molar-refractivity contribution in [3.8, 4) is 0 Å². The predicted octanol–water partition coefficient (Wildman–Crippen LogP) is 1.61. The van der Waals surface area contributed by atoms with Gasteiger partial charge in [0.1, 0.15) is 6.29 Å². The van der Waals surface area contributed by atoms with E-state index in [0.29, 0.717) is 17.7 Å². The van der Waals surface area contributed by atoms with Crippen molar-refractivity contribution in [1.82, 2.24) is 0 Å². The lowest BCUT2D eigenvalue weighted by Gasteiger charge is -2.11. The minimum absolute atomic E-state index is 0.0597. The van der Waals surface area contributed by atoms with Crippen LogP contribution in [0.2, 0.25) is 0 Å². The van der Waals surface area contributed by atoms with Crippen molar-refractivity contribution in [2.75, 3.05) is 5.01 Å². The Morgan fingerprint density at radius 1 is 1.47 bits per heavy atom. The highest BCUT2D eigenvalue weighted by atomic mass is 16.2. The van der Waals surface area contributed by atoms with Gasteiger partial charge in [-0.25, -0.2) is 5.01 Å². The minimum Gasteiger partial charge on any atom is -0.298 e. The summed E-state index contributed by atoms with van der Waals surface area (Å²) in [6, 6.07) is 6.82. The van der Waals surface area contributed by atoms with Crippen LogP contribution in [0.15, 0.2) is 29.4 Å². The zero-order valence-corrected chi connectivity index (χ0v) is 8.30. The lowest BCUT2D eigenvalue weighted by molar-refractivity contribution is -0.116. The fourth-order valence-electron chi connectivity index (χ4n) is 1.49. The maximum atomic E-state index is 11.5. The van der Waals surface area contributed by atoms with Gasteiger partial charge in [-0.1, -0.05) is 12.1 Å². The van der Waals surface area contributed by atoms with Crippen LogP contribution >= 0.6 is 0 Å². The van der Waals surface area contributed by atoms with Crippen LogP contribution in [0.3, 0.4) is 0 Å². The standard InChI is InChI=1S/C11H10N2O2/c1-8-5-11(15)13(12-8)10-4-2-3-9(6-10)7-14/h2-4,6-7H,5H2,1H3. The molecule has 0 aromatic heterocycles. The summed E-state index contributed by atoms with van der Waals surface area (Å²) in [5.74, 6) is -0.0597. The number of carbonyl (C=O) groups excluding carboxylic acids is 2. The number of hydrogen-bond acceptors (Lipinski definition) is 3. The third kappa shape index (κ3) is 1.79. The molecule has 0 saturated carbocycles. The van der Waals surface area contributed by atoms with Crippen molar-refractivity contribution in [3.63, 3.8) is 0 Å². The molecule has 0 saturated heterocycles. The van der Waals surface area contributed by atoms with Crippen molar-refractivity contribution in [2.45, 2.75) is 13.3 Å². The minimum atomic E-state index is -0.0597. The molecule has 2 rings (SSSR count). The highest BCUT2D eigenvalue weighted by molar-refractivity contribution is 6.12. The van der Waals surface area contributed by atoms with Crippen molar-refractivity contribution in [3.05, 3.63) is 29.8 Å². The first kappa shape index (κ1) is 9.58. The van der Waals surface area contributed by atoms with Crippen LogP contribution in [0.5, 0.6) is 0 Å². The van der Waals surface area contributed by atoms with E-state index in [-0.39, 0.29) is 5.91 Å². The first-order valence-corrected chi connectivity index (χ1v) is 4.63. The van der Waals surface area contributed by atoms with Crippen molar-refractivity contribution in [2.24, 2.45) is 5.10 Å². The molecule has 1 aliphatic rings. The molecule has 76 valence electrons. The van der Waals surface area contributed by atoms with Gasteiger partial charge in [0.15, 0.2) is 0 Å². The van der Waals surface area contributed by atoms with Gasteiger partial charge in [-0.05, 0) is 19.1 Å². The molecule has 1 aliphatic heterocycles. The van der Waals surface area contributed by atoms with E-state index in [1.165, 1.54) is 5.01 Å². The van der Waals surface area contributed by atoms with Crippen LogP contribution in [0, 0.1) is 0 Å². The monoisotopic (exact) mass is 202 g/mol. The van der Waals surface area contributed by atoms with E-state index in [2.05, 4.69) is 5.10 Å². The fourth-order valence-corrected chi connectivity index (χ4v) is 1.49. The van der Waals surface area contributed by atoms with E-state index in [1.807, 2.05) is 6.92 Å². The molecule has 0 N–H and O–H groups in total. The molecule has 0 unspecified atom stereocenters. The Bertz CT molecular complexity index is 452. The normalized spacial score (nSPS) is 15.4. The third-order valence-electron chi connectivity index (χ3n) is 2.16. The Morgan fingerprint density at radius 2 is 2.27 bits per heavy atom. The molecule has 15 heavy (non-hydrogen) atoms. The molecule has 4 nitrogen and oxygen atoms in total. The Kier molecular flexibility index (Phi) is 2.33. The van der Waals surface area contributed by atoms with Gasteiger partial charge in [0.2, 0.25) is 0 Å². The molecule has 1 aromatic rings. The number of aldehydes is 1. The molecule has 0 spiro atoms. The van der Waals surface area contributed by atoms with Crippen LogP contribution in [0.4, 0.5) is 5.69 Å². The van der Waals surface area contributed by atoms with E-state index < -0.39 is 0 Å².